The Kier molecular flexibility index (Phi) is 8.23. The molecule has 2 aliphatic heterocycles. The van der Waals surface area contributed by atoms with Gasteiger partial charge in [-0.05, 0) is 63.7 Å². The number of benzene rings is 1. The van der Waals surface area contributed by atoms with Crippen molar-refractivity contribution >= 4 is 53.1 Å². The first-order valence-electron chi connectivity index (χ1n) is 11.2. The number of pyridine rings is 1. The van der Waals surface area contributed by atoms with Crippen LogP contribution in [0.15, 0.2) is 42.6 Å². The van der Waals surface area contributed by atoms with Crippen molar-refractivity contribution in [2.24, 2.45) is 0 Å². The van der Waals surface area contributed by atoms with Crippen molar-refractivity contribution < 1.29 is 4.79 Å². The normalized spacial score (nSPS) is 20.8. The van der Waals surface area contributed by atoms with E-state index in [1.807, 2.05) is 36.5 Å². The van der Waals surface area contributed by atoms with Crippen molar-refractivity contribution in [3.05, 3.63) is 53.9 Å². The van der Waals surface area contributed by atoms with Gasteiger partial charge in [0.05, 0.1) is 5.52 Å². The summed E-state index contributed by atoms with van der Waals surface area (Å²) < 4.78 is 0. The maximum Gasteiger partial charge on any atom is 0.256 e. The summed E-state index contributed by atoms with van der Waals surface area (Å²) in [6.07, 6.45) is 4.22. The van der Waals surface area contributed by atoms with Gasteiger partial charge in [0, 0.05) is 66.3 Å². The molecule has 2 fully saturated rings. The summed E-state index contributed by atoms with van der Waals surface area (Å²) in [5.41, 5.74) is 4.01. The maximum atomic E-state index is 12.8. The number of hydrogen-bond acceptors (Lipinski definition) is 5. The van der Waals surface area contributed by atoms with Crippen molar-refractivity contribution in [3.63, 3.8) is 0 Å². The molecule has 2 saturated heterocycles. The SMILES string of the molecule is C[C@@H]1CNCCN1c1ccc(C(=O)Nc2cc3[nH]c([C@H]4CCCN4C)cc3cn2)cc1.Cl.Cl. The summed E-state index contributed by atoms with van der Waals surface area (Å²) in [5, 5.41) is 7.42. The van der Waals surface area contributed by atoms with Crippen molar-refractivity contribution in [1.29, 1.82) is 0 Å². The highest BCUT2D eigenvalue weighted by Crippen LogP contribution is 2.32. The fourth-order valence-electron chi connectivity index (χ4n) is 4.82. The molecule has 1 aromatic carbocycles. The van der Waals surface area contributed by atoms with Gasteiger partial charge in [0.15, 0.2) is 0 Å². The lowest BCUT2D eigenvalue weighted by Gasteiger charge is -2.35. The number of piperazine rings is 1. The number of aromatic amines is 1. The van der Waals surface area contributed by atoms with E-state index in [0.29, 0.717) is 23.5 Å². The second-order valence-corrected chi connectivity index (χ2v) is 8.77. The van der Waals surface area contributed by atoms with E-state index in [4.69, 9.17) is 0 Å². The highest BCUT2D eigenvalue weighted by molar-refractivity contribution is 6.04. The number of carbonyl (C=O) groups is 1. The summed E-state index contributed by atoms with van der Waals surface area (Å²) >= 11 is 0. The Balaban J connectivity index is 0.00000153. The maximum absolute atomic E-state index is 12.8. The molecule has 9 heteroatoms. The lowest BCUT2D eigenvalue weighted by atomic mass is 10.1. The zero-order valence-electron chi connectivity index (χ0n) is 19.0. The van der Waals surface area contributed by atoms with Gasteiger partial charge in [-0.1, -0.05) is 0 Å². The highest BCUT2D eigenvalue weighted by atomic mass is 35.5. The molecule has 7 nitrogen and oxygen atoms in total. The van der Waals surface area contributed by atoms with E-state index in [0.717, 1.165) is 42.8 Å². The average molecular weight is 491 g/mol. The number of nitrogens with one attached hydrogen (secondary N) is 3. The van der Waals surface area contributed by atoms with Crippen LogP contribution in [0.4, 0.5) is 11.5 Å². The number of likely N-dealkylation sites (tertiary alicyclic amines) is 1. The third-order valence-corrected chi connectivity index (χ3v) is 6.61. The molecule has 3 N–H and O–H groups in total. The van der Waals surface area contributed by atoms with Crippen LogP contribution in [0, 0.1) is 0 Å². The molecule has 2 aliphatic rings. The lowest BCUT2D eigenvalue weighted by molar-refractivity contribution is 0.102. The Morgan fingerprint density at radius 1 is 1.15 bits per heavy atom. The number of amides is 1. The number of carbonyl (C=O) groups excluding carboxylic acids is 1. The molecule has 2 atom stereocenters. The van der Waals surface area contributed by atoms with Gasteiger partial charge < -0.3 is 20.5 Å². The molecule has 0 saturated carbocycles. The van der Waals surface area contributed by atoms with E-state index in [2.05, 4.69) is 50.4 Å². The fourth-order valence-corrected chi connectivity index (χ4v) is 4.82. The van der Waals surface area contributed by atoms with Gasteiger partial charge in [-0.15, -0.1) is 24.8 Å². The number of rotatable bonds is 4. The van der Waals surface area contributed by atoms with Crippen LogP contribution in [0.2, 0.25) is 0 Å². The van der Waals surface area contributed by atoms with Crippen LogP contribution in [0.3, 0.4) is 0 Å². The molecule has 1 amide bonds. The van der Waals surface area contributed by atoms with Crippen LogP contribution in [-0.4, -0.2) is 60.0 Å². The minimum Gasteiger partial charge on any atom is -0.366 e. The third-order valence-electron chi connectivity index (χ3n) is 6.61. The van der Waals surface area contributed by atoms with Gasteiger partial charge >= 0.3 is 0 Å². The molecule has 0 bridgehead atoms. The molecule has 2 aromatic heterocycles. The molecule has 178 valence electrons. The van der Waals surface area contributed by atoms with Crippen molar-refractivity contribution in [2.75, 3.05) is 43.4 Å². The lowest BCUT2D eigenvalue weighted by Crippen LogP contribution is -2.49. The van der Waals surface area contributed by atoms with Gasteiger partial charge in [-0.3, -0.25) is 9.69 Å². The average Bonchev–Trinajstić information content (AvgIpc) is 3.39. The highest BCUT2D eigenvalue weighted by Gasteiger charge is 2.24. The standard InChI is InChI=1S/C24H30N6O.2ClH/c1-16-14-25-9-11-30(16)19-7-5-17(6-8-19)24(31)28-23-13-20-18(15-26-23)12-21(27-20)22-4-3-10-29(22)2;;/h5-8,12-13,15-16,22,25,27H,3-4,9-11,14H2,1-2H3,(H,26,28,31);2*1H/t16-,22-;;/m1../s1. The van der Waals surface area contributed by atoms with E-state index < -0.39 is 0 Å². The summed E-state index contributed by atoms with van der Waals surface area (Å²) in [6, 6.07) is 12.8. The second-order valence-electron chi connectivity index (χ2n) is 8.77. The number of hydrogen-bond donors (Lipinski definition) is 3. The minimum atomic E-state index is -0.144. The molecule has 5 rings (SSSR count). The van der Waals surface area contributed by atoms with Crippen molar-refractivity contribution in [1.82, 2.24) is 20.2 Å². The zero-order chi connectivity index (χ0) is 21.4. The second kappa shape index (κ2) is 10.7. The van der Waals surface area contributed by atoms with Crippen LogP contribution in [0.5, 0.6) is 0 Å². The molecule has 0 aliphatic carbocycles. The van der Waals surface area contributed by atoms with Gasteiger partial charge in [-0.2, -0.15) is 0 Å². The number of nitrogens with zero attached hydrogens (tertiary/aromatic N) is 3. The van der Waals surface area contributed by atoms with Crippen molar-refractivity contribution in [3.8, 4) is 0 Å². The molecular formula is C24H32Cl2N6O. The van der Waals surface area contributed by atoms with E-state index >= 15 is 0 Å². The predicted octanol–water partition coefficient (Wildman–Crippen LogP) is 4.22. The first kappa shape index (κ1) is 25.3. The molecule has 0 radical (unpaired) electrons. The number of aromatic nitrogens is 2. The number of halogens is 2. The van der Waals surface area contributed by atoms with Crippen LogP contribution < -0.4 is 15.5 Å². The van der Waals surface area contributed by atoms with Gasteiger partial charge in [0.2, 0.25) is 0 Å². The number of H-pyrrole nitrogens is 1. The molecule has 33 heavy (non-hydrogen) atoms. The Hall–Kier alpha value is -2.32. The summed E-state index contributed by atoms with van der Waals surface area (Å²) in [6.45, 7) is 6.29. The minimum absolute atomic E-state index is 0. The third kappa shape index (κ3) is 5.27. The van der Waals surface area contributed by atoms with Crippen LogP contribution in [-0.2, 0) is 0 Å². The molecule has 3 aromatic rings. The van der Waals surface area contributed by atoms with Gasteiger partial charge in [-0.25, -0.2) is 4.98 Å². The molecular weight excluding hydrogens is 459 g/mol. The fraction of sp³-hybridized carbons (Fsp3) is 0.417. The Morgan fingerprint density at radius 3 is 2.64 bits per heavy atom. The number of anilines is 2. The topological polar surface area (TPSA) is 76.3 Å². The summed E-state index contributed by atoms with van der Waals surface area (Å²) in [5.74, 6) is 0.416. The first-order chi connectivity index (χ1) is 15.1. The Morgan fingerprint density at radius 2 is 1.94 bits per heavy atom. The summed E-state index contributed by atoms with van der Waals surface area (Å²) in [7, 11) is 2.17. The van der Waals surface area contributed by atoms with E-state index in [9.17, 15) is 4.79 Å². The van der Waals surface area contributed by atoms with Gasteiger partial charge in [0.25, 0.3) is 5.91 Å². The van der Waals surface area contributed by atoms with Crippen LogP contribution >= 0.6 is 24.8 Å². The van der Waals surface area contributed by atoms with E-state index in [-0.39, 0.29) is 30.7 Å². The predicted molar refractivity (Wildman–Crippen MR) is 139 cm³/mol. The molecule has 0 unspecified atom stereocenters. The smallest absolute Gasteiger partial charge is 0.256 e. The van der Waals surface area contributed by atoms with Crippen LogP contribution in [0.25, 0.3) is 10.9 Å². The summed E-state index contributed by atoms with van der Waals surface area (Å²) in [4.78, 5) is 25.5. The number of fused-ring (bicyclic) bond motifs is 1. The molecule has 4 heterocycles. The van der Waals surface area contributed by atoms with E-state index in [1.165, 1.54) is 18.5 Å². The Bertz CT molecular complexity index is 1090. The van der Waals surface area contributed by atoms with E-state index in [1.54, 1.807) is 0 Å². The molecule has 0 spiro atoms. The Labute approximate surface area is 207 Å². The van der Waals surface area contributed by atoms with Crippen LogP contribution in [0.1, 0.15) is 41.9 Å². The quantitative estimate of drug-likeness (QED) is 0.510. The largest absolute Gasteiger partial charge is 0.366 e. The first-order valence-corrected chi connectivity index (χ1v) is 11.2. The van der Waals surface area contributed by atoms with Gasteiger partial charge in [0.1, 0.15) is 5.82 Å². The zero-order valence-corrected chi connectivity index (χ0v) is 20.6. The monoisotopic (exact) mass is 490 g/mol. The van der Waals surface area contributed by atoms with Crippen molar-refractivity contribution in [2.45, 2.75) is 31.8 Å².